The van der Waals surface area contributed by atoms with E-state index in [0.717, 1.165) is 25.4 Å². The number of hydrogen-bond donors (Lipinski definition) is 1. The Morgan fingerprint density at radius 3 is 2.88 bits per heavy atom. The summed E-state index contributed by atoms with van der Waals surface area (Å²) >= 11 is 0. The van der Waals surface area contributed by atoms with Crippen molar-refractivity contribution in [3.8, 4) is 0 Å². The highest BCUT2D eigenvalue weighted by Gasteiger charge is 2.34. The van der Waals surface area contributed by atoms with Crippen molar-refractivity contribution in [1.82, 2.24) is 14.5 Å². The highest BCUT2D eigenvalue weighted by molar-refractivity contribution is 5.81. The van der Waals surface area contributed by atoms with Gasteiger partial charge in [0.25, 0.3) is 0 Å². The van der Waals surface area contributed by atoms with Gasteiger partial charge in [0.05, 0.1) is 12.6 Å². The second kappa shape index (κ2) is 7.29. The van der Waals surface area contributed by atoms with Crippen LogP contribution in [0.15, 0.2) is 12.4 Å². The summed E-state index contributed by atoms with van der Waals surface area (Å²) in [6, 6.07) is -0.618. The first-order valence-corrected chi connectivity index (χ1v) is 8.76. The van der Waals surface area contributed by atoms with Crippen molar-refractivity contribution in [3.63, 3.8) is 0 Å². The van der Waals surface area contributed by atoms with Gasteiger partial charge in [0.2, 0.25) is 5.91 Å². The predicted octanol–water partition coefficient (Wildman–Crippen LogP) is 1.55. The van der Waals surface area contributed by atoms with Crippen molar-refractivity contribution in [3.05, 3.63) is 22.5 Å². The second-order valence-corrected chi connectivity index (χ2v) is 6.95. The Balaban J connectivity index is 1.53. The van der Waals surface area contributed by atoms with E-state index < -0.39 is 11.0 Å². The van der Waals surface area contributed by atoms with Gasteiger partial charge in [-0.15, -0.1) is 0 Å². The van der Waals surface area contributed by atoms with E-state index in [4.69, 9.17) is 5.73 Å². The molecule has 3 atom stereocenters. The molecule has 0 spiro atoms. The minimum atomic E-state index is -0.618. The van der Waals surface area contributed by atoms with Gasteiger partial charge in [-0.05, 0) is 29.6 Å². The summed E-state index contributed by atoms with van der Waals surface area (Å²) in [5, 5.41) is 10.9. The maximum atomic E-state index is 12.6. The van der Waals surface area contributed by atoms with Gasteiger partial charge in [0, 0.05) is 19.5 Å². The molecule has 1 aromatic rings. The van der Waals surface area contributed by atoms with E-state index >= 15 is 0 Å². The van der Waals surface area contributed by atoms with Crippen LogP contribution in [0, 0.1) is 22.0 Å². The van der Waals surface area contributed by atoms with Crippen molar-refractivity contribution in [2.45, 2.75) is 51.1 Å². The van der Waals surface area contributed by atoms with E-state index in [1.165, 1.54) is 36.4 Å². The molecule has 2 aliphatic rings. The number of aryl methyl sites for hydroxylation is 1. The fourth-order valence-electron chi connectivity index (χ4n) is 4.09. The van der Waals surface area contributed by atoms with Crippen molar-refractivity contribution in [2.75, 3.05) is 13.1 Å². The monoisotopic (exact) mass is 335 g/mol. The fourth-order valence-corrected chi connectivity index (χ4v) is 4.09. The number of aromatic nitrogens is 2. The molecule has 1 aromatic heterocycles. The molecule has 8 heteroatoms. The average molecular weight is 335 g/mol. The molecule has 2 heterocycles. The summed E-state index contributed by atoms with van der Waals surface area (Å²) in [7, 11) is 0. The van der Waals surface area contributed by atoms with E-state index in [1.807, 2.05) is 4.90 Å². The quantitative estimate of drug-likeness (QED) is 0.649. The lowest BCUT2D eigenvalue weighted by Gasteiger charge is -2.42. The molecule has 0 radical (unpaired) electrons. The fraction of sp³-hybridized carbons (Fsp3) is 0.750. The molecule has 0 bridgehead atoms. The van der Waals surface area contributed by atoms with Crippen LogP contribution < -0.4 is 5.73 Å². The molecule has 3 rings (SSSR count). The number of piperidine rings is 1. The highest BCUT2D eigenvalue weighted by atomic mass is 16.6. The molecule has 1 saturated heterocycles. The molecule has 1 aliphatic carbocycles. The number of nitrogens with zero attached hydrogens (tertiary/aromatic N) is 4. The van der Waals surface area contributed by atoms with Gasteiger partial charge >= 0.3 is 5.95 Å². The third kappa shape index (κ3) is 3.58. The lowest BCUT2D eigenvalue weighted by molar-refractivity contribution is -0.396. The van der Waals surface area contributed by atoms with Crippen LogP contribution in [0.2, 0.25) is 0 Å². The smallest absolute Gasteiger partial charge is 0.390 e. The van der Waals surface area contributed by atoms with E-state index in [1.54, 1.807) is 6.20 Å². The molecule has 2 N–H and O–H groups in total. The Labute approximate surface area is 141 Å². The van der Waals surface area contributed by atoms with E-state index in [0.29, 0.717) is 18.9 Å². The number of nitro groups is 1. The normalized spacial score (nSPS) is 25.1. The molecule has 0 aromatic carbocycles. The van der Waals surface area contributed by atoms with Crippen LogP contribution in [-0.4, -0.2) is 44.4 Å². The number of hydrogen-bond acceptors (Lipinski definition) is 5. The van der Waals surface area contributed by atoms with Gasteiger partial charge in [0.1, 0.15) is 12.4 Å². The summed E-state index contributed by atoms with van der Waals surface area (Å²) in [5.74, 6) is 1.16. The first-order chi connectivity index (χ1) is 11.6. The molecule has 1 saturated carbocycles. The number of carbonyl (C=O) groups is 1. The first-order valence-electron chi connectivity index (χ1n) is 8.76. The summed E-state index contributed by atoms with van der Waals surface area (Å²) in [6.07, 6.45) is 9.48. The second-order valence-electron chi connectivity index (χ2n) is 6.95. The summed E-state index contributed by atoms with van der Waals surface area (Å²) in [6.45, 7) is 1.93. The van der Waals surface area contributed by atoms with Crippen LogP contribution >= 0.6 is 0 Å². The molecule has 1 aliphatic heterocycles. The zero-order chi connectivity index (χ0) is 17.1. The van der Waals surface area contributed by atoms with Crippen LogP contribution in [0.1, 0.15) is 38.5 Å². The molecule has 24 heavy (non-hydrogen) atoms. The molecular weight excluding hydrogens is 310 g/mol. The molecular formula is C16H25N5O3. The van der Waals surface area contributed by atoms with Gasteiger partial charge in [-0.25, -0.2) is 4.57 Å². The Morgan fingerprint density at radius 2 is 2.12 bits per heavy atom. The van der Waals surface area contributed by atoms with Crippen LogP contribution in [0.3, 0.4) is 0 Å². The Morgan fingerprint density at radius 1 is 1.38 bits per heavy atom. The zero-order valence-corrected chi connectivity index (χ0v) is 13.8. The number of imidazole rings is 1. The Bertz CT molecular complexity index is 602. The Kier molecular flexibility index (Phi) is 5.13. The SMILES string of the molecule is NC(CCn1ccnc1[N+](=O)[O-])C(=O)N1CC[C@H]2CCCC[C@@H]2C1. The maximum Gasteiger partial charge on any atom is 0.434 e. The molecule has 132 valence electrons. The standard InChI is InChI=1S/C16H25N5O3/c17-14(6-9-19-10-7-18-16(19)21(23)24)15(22)20-8-5-12-3-1-2-4-13(12)11-20/h7,10,12-14H,1-6,8-9,11,17H2/t12-,13-,14?/m1/s1. The van der Waals surface area contributed by atoms with Crippen LogP contribution in [0.5, 0.6) is 0 Å². The Hall–Kier alpha value is -1.96. The van der Waals surface area contributed by atoms with Crippen LogP contribution in [0.25, 0.3) is 0 Å². The minimum absolute atomic E-state index is 0.0261. The van der Waals surface area contributed by atoms with Gasteiger partial charge in [-0.1, -0.05) is 24.2 Å². The topological polar surface area (TPSA) is 107 Å². The lowest BCUT2D eigenvalue weighted by atomic mass is 9.75. The molecule has 1 unspecified atom stereocenters. The van der Waals surface area contributed by atoms with Gasteiger partial charge < -0.3 is 20.7 Å². The van der Waals surface area contributed by atoms with E-state index in [-0.39, 0.29) is 11.9 Å². The van der Waals surface area contributed by atoms with Crippen LogP contribution in [-0.2, 0) is 11.3 Å². The number of likely N-dealkylation sites (tertiary alicyclic amines) is 1. The number of amides is 1. The van der Waals surface area contributed by atoms with Gasteiger partial charge in [-0.2, -0.15) is 0 Å². The number of carbonyl (C=O) groups excluding carboxylic acids is 1. The highest BCUT2D eigenvalue weighted by Crippen LogP contribution is 2.36. The zero-order valence-electron chi connectivity index (χ0n) is 13.8. The van der Waals surface area contributed by atoms with E-state index in [9.17, 15) is 14.9 Å². The summed E-state index contributed by atoms with van der Waals surface area (Å²) in [5.41, 5.74) is 6.06. The number of rotatable bonds is 5. The van der Waals surface area contributed by atoms with Crippen molar-refractivity contribution < 1.29 is 9.72 Å². The molecule has 8 nitrogen and oxygen atoms in total. The van der Waals surface area contributed by atoms with E-state index in [2.05, 4.69) is 4.98 Å². The number of nitrogens with two attached hydrogens (primary N) is 1. The van der Waals surface area contributed by atoms with Crippen molar-refractivity contribution >= 4 is 11.9 Å². The predicted molar refractivity (Wildman–Crippen MR) is 88.1 cm³/mol. The van der Waals surface area contributed by atoms with Crippen molar-refractivity contribution in [2.24, 2.45) is 17.6 Å². The molecule has 1 amide bonds. The summed E-state index contributed by atoms with van der Waals surface area (Å²) < 4.78 is 1.43. The molecule has 2 fully saturated rings. The largest absolute Gasteiger partial charge is 0.434 e. The number of fused-ring (bicyclic) bond motifs is 1. The minimum Gasteiger partial charge on any atom is -0.390 e. The summed E-state index contributed by atoms with van der Waals surface area (Å²) in [4.78, 5) is 28.5. The maximum absolute atomic E-state index is 12.6. The third-order valence-electron chi connectivity index (χ3n) is 5.46. The van der Waals surface area contributed by atoms with Crippen LogP contribution in [0.4, 0.5) is 5.95 Å². The first kappa shape index (κ1) is 16.9. The van der Waals surface area contributed by atoms with Gasteiger partial charge in [0.15, 0.2) is 0 Å². The third-order valence-corrected chi connectivity index (χ3v) is 5.46. The lowest BCUT2D eigenvalue weighted by Crippen LogP contribution is -2.50. The van der Waals surface area contributed by atoms with Crippen molar-refractivity contribution in [1.29, 1.82) is 0 Å². The van der Waals surface area contributed by atoms with Gasteiger partial charge in [-0.3, -0.25) is 4.79 Å². The average Bonchev–Trinajstić information content (AvgIpc) is 3.07.